The van der Waals surface area contributed by atoms with Gasteiger partial charge < -0.3 is 25.4 Å². The maximum absolute atomic E-state index is 12.7. The lowest BCUT2D eigenvalue weighted by atomic mass is 9.71. The normalized spacial score (nSPS) is 29.5. The first-order valence-electron chi connectivity index (χ1n) is 8.84. The number of carbonyl (C=O) groups excluding carboxylic acids is 3. The van der Waals surface area contributed by atoms with E-state index in [1.165, 1.54) is 0 Å². The van der Waals surface area contributed by atoms with Crippen LogP contribution in [0.15, 0.2) is 12.7 Å². The fourth-order valence-electron chi connectivity index (χ4n) is 5.14. The van der Waals surface area contributed by atoms with Crippen molar-refractivity contribution < 1.29 is 14.4 Å². The van der Waals surface area contributed by atoms with Gasteiger partial charge in [-0.15, -0.1) is 10.2 Å². The van der Waals surface area contributed by atoms with E-state index in [1.807, 2.05) is 9.80 Å². The molecular weight excluding hydrogens is 338 g/mol. The topological polar surface area (TPSA) is 126 Å². The highest BCUT2D eigenvalue weighted by atomic mass is 16.2. The van der Waals surface area contributed by atoms with Gasteiger partial charge in [0, 0.05) is 37.0 Å². The molecule has 10 nitrogen and oxygen atoms in total. The van der Waals surface area contributed by atoms with Crippen LogP contribution in [0.2, 0.25) is 0 Å². The van der Waals surface area contributed by atoms with Crippen LogP contribution in [-0.4, -0.2) is 75.1 Å². The Bertz CT molecular complexity index is 714. The Labute approximate surface area is 150 Å². The number of rotatable bonds is 4. The smallest absolute Gasteiger partial charge is 0.312 e. The molecular formula is C16H23N7O3. The number of primary amides is 1. The zero-order chi connectivity index (χ0) is 18.4. The standard InChI is InChI=1S/C16H23N7O3/c17-14(26)18-4-12(24)22-6-15-2-1-3-16(15,7-22)9-23(8-15)13(25)5-21-10-19-20-11-21/h10-11H,1-9H2,(H3,17,18,26). The Morgan fingerprint density at radius 1 is 0.962 bits per heavy atom. The predicted molar refractivity (Wildman–Crippen MR) is 89.5 cm³/mol. The largest absolute Gasteiger partial charge is 0.352 e. The number of hydrogen-bond donors (Lipinski definition) is 2. The molecule has 2 atom stereocenters. The van der Waals surface area contributed by atoms with Gasteiger partial charge in [0.1, 0.15) is 19.2 Å². The Balaban J connectivity index is 1.44. The van der Waals surface area contributed by atoms with Crippen molar-refractivity contribution >= 4 is 17.8 Å². The molecule has 4 amide bonds. The van der Waals surface area contributed by atoms with E-state index in [-0.39, 0.29) is 35.7 Å². The van der Waals surface area contributed by atoms with Crippen molar-refractivity contribution in [2.45, 2.75) is 25.8 Å². The third-order valence-electron chi connectivity index (χ3n) is 6.31. The van der Waals surface area contributed by atoms with Gasteiger partial charge in [0.05, 0.1) is 6.54 Å². The highest BCUT2D eigenvalue weighted by Gasteiger charge is 2.66. The van der Waals surface area contributed by atoms with Gasteiger partial charge in [-0.05, 0) is 12.8 Å². The molecule has 1 aromatic rings. The molecule has 2 unspecified atom stereocenters. The average molecular weight is 361 g/mol. The summed E-state index contributed by atoms with van der Waals surface area (Å²) in [5.74, 6) is -0.0469. The Hall–Kier alpha value is -2.65. The SMILES string of the molecule is NC(=O)NCC(=O)N1CC23CCCC2(C1)CN(C(=O)Cn1cnnc1)C3. The number of urea groups is 1. The summed E-state index contributed by atoms with van der Waals surface area (Å²) in [6, 6.07) is -0.694. The van der Waals surface area contributed by atoms with Gasteiger partial charge in [-0.25, -0.2) is 4.79 Å². The van der Waals surface area contributed by atoms with Crippen LogP contribution in [0.1, 0.15) is 19.3 Å². The predicted octanol–water partition coefficient (Wildman–Crippen LogP) is -1.21. The second kappa shape index (κ2) is 5.96. The monoisotopic (exact) mass is 361 g/mol. The fraction of sp³-hybridized carbons (Fsp3) is 0.688. The van der Waals surface area contributed by atoms with E-state index >= 15 is 0 Å². The molecule has 3 aliphatic rings. The first-order chi connectivity index (χ1) is 12.4. The molecule has 2 saturated heterocycles. The van der Waals surface area contributed by atoms with E-state index in [1.54, 1.807) is 17.2 Å². The minimum absolute atomic E-state index is 0.0295. The van der Waals surface area contributed by atoms with E-state index in [9.17, 15) is 14.4 Å². The van der Waals surface area contributed by atoms with Gasteiger partial charge in [-0.2, -0.15) is 0 Å². The van der Waals surface area contributed by atoms with Gasteiger partial charge in [-0.3, -0.25) is 9.59 Å². The number of carbonyl (C=O) groups is 3. The highest BCUT2D eigenvalue weighted by Crippen LogP contribution is 2.61. The maximum Gasteiger partial charge on any atom is 0.312 e. The van der Waals surface area contributed by atoms with Crippen LogP contribution in [0.25, 0.3) is 0 Å². The van der Waals surface area contributed by atoms with Crippen LogP contribution < -0.4 is 11.1 Å². The molecule has 140 valence electrons. The molecule has 3 N–H and O–H groups in total. The van der Waals surface area contributed by atoms with Gasteiger partial charge in [0.25, 0.3) is 0 Å². The summed E-state index contributed by atoms with van der Waals surface area (Å²) in [6.45, 7) is 2.81. The van der Waals surface area contributed by atoms with Gasteiger partial charge >= 0.3 is 6.03 Å². The average Bonchev–Trinajstić information content (AvgIpc) is 3.27. The molecule has 3 heterocycles. The van der Waals surface area contributed by atoms with E-state index in [2.05, 4.69) is 15.5 Å². The summed E-state index contributed by atoms with van der Waals surface area (Å²) in [4.78, 5) is 39.7. The molecule has 1 aliphatic carbocycles. The number of nitrogens with one attached hydrogen (secondary N) is 1. The molecule has 3 fully saturated rings. The second-order valence-electron chi connectivity index (χ2n) is 7.77. The lowest BCUT2D eigenvalue weighted by molar-refractivity contribution is -0.132. The Morgan fingerprint density at radius 2 is 1.50 bits per heavy atom. The quantitative estimate of drug-likeness (QED) is 0.696. The fourth-order valence-corrected chi connectivity index (χ4v) is 5.14. The Kier molecular flexibility index (Phi) is 3.85. The van der Waals surface area contributed by atoms with E-state index in [4.69, 9.17) is 5.73 Å². The third-order valence-corrected chi connectivity index (χ3v) is 6.31. The molecule has 1 saturated carbocycles. The molecule has 1 aromatic heterocycles. The molecule has 0 aromatic carbocycles. The Morgan fingerprint density at radius 3 is 2.04 bits per heavy atom. The summed E-state index contributed by atoms with van der Waals surface area (Å²) < 4.78 is 1.67. The lowest BCUT2D eigenvalue weighted by Gasteiger charge is -2.29. The minimum Gasteiger partial charge on any atom is -0.352 e. The van der Waals surface area contributed by atoms with Crippen molar-refractivity contribution in [1.82, 2.24) is 29.9 Å². The van der Waals surface area contributed by atoms with Gasteiger partial charge in [-0.1, -0.05) is 6.42 Å². The summed E-state index contributed by atoms with van der Waals surface area (Å²) in [6.07, 6.45) is 6.26. The van der Waals surface area contributed by atoms with Gasteiger partial charge in [0.15, 0.2) is 0 Å². The van der Waals surface area contributed by atoms with Crippen molar-refractivity contribution in [1.29, 1.82) is 0 Å². The van der Waals surface area contributed by atoms with Crippen LogP contribution in [0.4, 0.5) is 4.79 Å². The minimum atomic E-state index is -0.694. The van der Waals surface area contributed by atoms with Crippen LogP contribution in [0.3, 0.4) is 0 Å². The number of likely N-dealkylation sites (tertiary alicyclic amines) is 2. The van der Waals surface area contributed by atoms with Crippen molar-refractivity contribution in [2.75, 3.05) is 32.7 Å². The van der Waals surface area contributed by atoms with Crippen LogP contribution in [0, 0.1) is 10.8 Å². The summed E-state index contributed by atoms with van der Waals surface area (Å²) in [5, 5.41) is 9.83. The summed E-state index contributed by atoms with van der Waals surface area (Å²) >= 11 is 0. The maximum atomic E-state index is 12.7. The van der Waals surface area contributed by atoms with Crippen LogP contribution >= 0.6 is 0 Å². The highest BCUT2D eigenvalue weighted by molar-refractivity contribution is 5.84. The number of hydrogen-bond acceptors (Lipinski definition) is 5. The molecule has 0 spiro atoms. The summed E-state index contributed by atoms with van der Waals surface area (Å²) in [7, 11) is 0. The first-order valence-corrected chi connectivity index (χ1v) is 8.84. The molecule has 26 heavy (non-hydrogen) atoms. The lowest BCUT2D eigenvalue weighted by Crippen LogP contribution is -2.44. The van der Waals surface area contributed by atoms with E-state index in [0.717, 1.165) is 19.3 Å². The second-order valence-corrected chi connectivity index (χ2v) is 7.77. The van der Waals surface area contributed by atoms with Crippen LogP contribution in [0.5, 0.6) is 0 Å². The number of amides is 4. The van der Waals surface area contributed by atoms with Gasteiger partial charge in [0.2, 0.25) is 11.8 Å². The van der Waals surface area contributed by atoms with E-state index in [0.29, 0.717) is 26.2 Å². The van der Waals surface area contributed by atoms with Crippen molar-refractivity contribution in [3.8, 4) is 0 Å². The molecule has 10 heteroatoms. The summed E-state index contributed by atoms with van der Waals surface area (Å²) in [5.41, 5.74) is 4.99. The number of aromatic nitrogens is 3. The zero-order valence-corrected chi connectivity index (χ0v) is 14.6. The molecule has 4 rings (SSSR count). The third kappa shape index (κ3) is 2.60. The van der Waals surface area contributed by atoms with Crippen molar-refractivity contribution in [3.63, 3.8) is 0 Å². The molecule has 0 bridgehead atoms. The zero-order valence-electron chi connectivity index (χ0n) is 14.6. The molecule has 0 radical (unpaired) electrons. The number of nitrogens with zero attached hydrogens (tertiary/aromatic N) is 5. The number of nitrogens with two attached hydrogens (primary N) is 1. The van der Waals surface area contributed by atoms with E-state index < -0.39 is 6.03 Å². The van der Waals surface area contributed by atoms with Crippen molar-refractivity contribution in [3.05, 3.63) is 12.7 Å². The molecule has 2 aliphatic heterocycles. The van der Waals surface area contributed by atoms with Crippen molar-refractivity contribution in [2.24, 2.45) is 16.6 Å². The first kappa shape index (κ1) is 16.8. The van der Waals surface area contributed by atoms with Crippen LogP contribution in [-0.2, 0) is 16.1 Å².